The van der Waals surface area contributed by atoms with Crippen molar-refractivity contribution in [2.45, 2.75) is 13.0 Å². The molecular formula is C15H19NO2. The summed E-state index contributed by atoms with van der Waals surface area (Å²) in [7, 11) is 1.67. The monoisotopic (exact) mass is 245 g/mol. The second-order valence-electron chi connectivity index (χ2n) is 4.33. The molecule has 0 amide bonds. The van der Waals surface area contributed by atoms with Crippen LogP contribution in [-0.4, -0.2) is 20.3 Å². The Morgan fingerprint density at radius 1 is 1.11 bits per heavy atom. The molecule has 3 nitrogen and oxygen atoms in total. The Balaban J connectivity index is 2.45. The molecule has 0 aliphatic heterocycles. The number of methoxy groups -OCH3 is 1. The SMILES string of the molecule is COCCOc1c(C(C)N)ccc2ccccc12. The summed E-state index contributed by atoms with van der Waals surface area (Å²) in [5.74, 6) is 0.875. The number of fused-ring (bicyclic) bond motifs is 1. The van der Waals surface area contributed by atoms with Gasteiger partial charge >= 0.3 is 0 Å². The minimum Gasteiger partial charge on any atom is -0.490 e. The summed E-state index contributed by atoms with van der Waals surface area (Å²) < 4.78 is 10.9. The van der Waals surface area contributed by atoms with Gasteiger partial charge in [0.2, 0.25) is 0 Å². The van der Waals surface area contributed by atoms with Crippen LogP contribution >= 0.6 is 0 Å². The van der Waals surface area contributed by atoms with E-state index in [1.807, 2.05) is 25.1 Å². The van der Waals surface area contributed by atoms with Gasteiger partial charge < -0.3 is 15.2 Å². The van der Waals surface area contributed by atoms with E-state index in [-0.39, 0.29) is 6.04 Å². The van der Waals surface area contributed by atoms with Crippen LogP contribution in [0.15, 0.2) is 36.4 Å². The highest BCUT2D eigenvalue weighted by atomic mass is 16.5. The lowest BCUT2D eigenvalue weighted by Crippen LogP contribution is -2.11. The summed E-state index contributed by atoms with van der Waals surface area (Å²) >= 11 is 0. The molecule has 0 aliphatic rings. The first-order valence-electron chi connectivity index (χ1n) is 6.13. The van der Waals surface area contributed by atoms with E-state index in [1.54, 1.807) is 7.11 Å². The maximum atomic E-state index is 6.00. The summed E-state index contributed by atoms with van der Waals surface area (Å²) in [4.78, 5) is 0. The lowest BCUT2D eigenvalue weighted by Gasteiger charge is -2.16. The molecule has 96 valence electrons. The van der Waals surface area contributed by atoms with Crippen LogP contribution in [0.3, 0.4) is 0 Å². The molecule has 2 aromatic carbocycles. The van der Waals surface area contributed by atoms with Gasteiger partial charge in [0.1, 0.15) is 12.4 Å². The maximum Gasteiger partial charge on any atom is 0.131 e. The fourth-order valence-electron chi connectivity index (χ4n) is 2.01. The van der Waals surface area contributed by atoms with Gasteiger partial charge in [-0.05, 0) is 12.3 Å². The Hall–Kier alpha value is -1.58. The molecule has 0 saturated heterocycles. The van der Waals surface area contributed by atoms with Crippen molar-refractivity contribution in [3.63, 3.8) is 0 Å². The van der Waals surface area contributed by atoms with Crippen molar-refractivity contribution < 1.29 is 9.47 Å². The normalized spacial score (nSPS) is 12.6. The van der Waals surface area contributed by atoms with Crippen LogP contribution in [0, 0.1) is 0 Å². The van der Waals surface area contributed by atoms with E-state index in [1.165, 1.54) is 0 Å². The van der Waals surface area contributed by atoms with E-state index in [0.29, 0.717) is 13.2 Å². The second-order valence-corrected chi connectivity index (χ2v) is 4.33. The summed E-state index contributed by atoms with van der Waals surface area (Å²) in [6, 6.07) is 12.2. The fraction of sp³-hybridized carbons (Fsp3) is 0.333. The molecule has 3 heteroatoms. The van der Waals surface area contributed by atoms with Gasteiger partial charge in [0.25, 0.3) is 0 Å². The quantitative estimate of drug-likeness (QED) is 0.824. The third-order valence-corrected chi connectivity index (χ3v) is 2.93. The standard InChI is InChI=1S/C15H19NO2/c1-11(16)13-8-7-12-5-3-4-6-14(12)15(13)18-10-9-17-2/h3-8,11H,9-10,16H2,1-2H3. The van der Waals surface area contributed by atoms with Gasteiger partial charge in [0.15, 0.2) is 0 Å². The topological polar surface area (TPSA) is 44.5 Å². The Morgan fingerprint density at radius 3 is 2.61 bits per heavy atom. The number of rotatable bonds is 5. The molecular weight excluding hydrogens is 226 g/mol. The van der Waals surface area contributed by atoms with E-state index in [9.17, 15) is 0 Å². The van der Waals surface area contributed by atoms with Gasteiger partial charge in [-0.2, -0.15) is 0 Å². The highest BCUT2D eigenvalue weighted by Crippen LogP contribution is 2.32. The number of nitrogens with two attached hydrogens (primary N) is 1. The maximum absolute atomic E-state index is 6.00. The molecule has 0 fully saturated rings. The van der Waals surface area contributed by atoms with Crippen LogP contribution in [-0.2, 0) is 4.74 Å². The summed E-state index contributed by atoms with van der Waals surface area (Å²) in [5.41, 5.74) is 7.03. The van der Waals surface area contributed by atoms with E-state index in [0.717, 1.165) is 22.1 Å². The molecule has 2 rings (SSSR count). The third-order valence-electron chi connectivity index (χ3n) is 2.93. The third kappa shape index (κ3) is 2.63. The zero-order chi connectivity index (χ0) is 13.0. The van der Waals surface area contributed by atoms with E-state index in [2.05, 4.69) is 18.2 Å². The number of hydrogen-bond acceptors (Lipinski definition) is 3. The molecule has 2 aromatic rings. The van der Waals surface area contributed by atoms with Gasteiger partial charge in [0.05, 0.1) is 6.61 Å². The highest BCUT2D eigenvalue weighted by Gasteiger charge is 2.11. The van der Waals surface area contributed by atoms with Gasteiger partial charge in [-0.25, -0.2) is 0 Å². The average molecular weight is 245 g/mol. The summed E-state index contributed by atoms with van der Waals surface area (Å²) in [6.45, 7) is 3.07. The number of hydrogen-bond donors (Lipinski definition) is 1. The molecule has 0 saturated carbocycles. The number of benzene rings is 2. The molecule has 18 heavy (non-hydrogen) atoms. The molecule has 2 N–H and O–H groups in total. The fourth-order valence-corrected chi connectivity index (χ4v) is 2.01. The first kappa shape index (κ1) is 12.9. The second kappa shape index (κ2) is 5.85. The van der Waals surface area contributed by atoms with Crippen LogP contribution in [0.25, 0.3) is 10.8 Å². The first-order valence-corrected chi connectivity index (χ1v) is 6.13. The largest absolute Gasteiger partial charge is 0.490 e. The molecule has 0 aromatic heterocycles. The van der Waals surface area contributed by atoms with Crippen molar-refractivity contribution in [3.05, 3.63) is 42.0 Å². The van der Waals surface area contributed by atoms with Crippen molar-refractivity contribution in [2.24, 2.45) is 5.73 Å². The molecule has 0 heterocycles. The molecule has 0 aliphatic carbocycles. The van der Waals surface area contributed by atoms with Crippen LogP contribution in [0.5, 0.6) is 5.75 Å². The molecule has 0 spiro atoms. The first-order chi connectivity index (χ1) is 8.74. The Bertz CT molecular complexity index is 523. The van der Waals surface area contributed by atoms with Crippen LogP contribution in [0.4, 0.5) is 0 Å². The minimum atomic E-state index is -0.0489. The average Bonchev–Trinajstić information content (AvgIpc) is 2.38. The predicted octanol–water partition coefficient (Wildman–Crippen LogP) is 2.88. The lowest BCUT2D eigenvalue weighted by molar-refractivity contribution is 0.146. The van der Waals surface area contributed by atoms with Crippen molar-refractivity contribution >= 4 is 10.8 Å². The molecule has 0 radical (unpaired) electrons. The van der Waals surface area contributed by atoms with E-state index >= 15 is 0 Å². The van der Waals surface area contributed by atoms with Crippen molar-refractivity contribution in [1.29, 1.82) is 0 Å². The van der Waals surface area contributed by atoms with Gasteiger partial charge in [-0.3, -0.25) is 0 Å². The minimum absolute atomic E-state index is 0.0489. The van der Waals surface area contributed by atoms with Crippen molar-refractivity contribution in [3.8, 4) is 5.75 Å². The molecule has 1 atom stereocenters. The lowest BCUT2D eigenvalue weighted by atomic mass is 10.0. The zero-order valence-electron chi connectivity index (χ0n) is 10.8. The summed E-state index contributed by atoms with van der Waals surface area (Å²) in [5, 5.41) is 2.26. The van der Waals surface area contributed by atoms with E-state index < -0.39 is 0 Å². The zero-order valence-corrected chi connectivity index (χ0v) is 10.8. The Morgan fingerprint density at radius 2 is 1.89 bits per heavy atom. The predicted molar refractivity (Wildman–Crippen MR) is 73.9 cm³/mol. The highest BCUT2D eigenvalue weighted by molar-refractivity contribution is 5.89. The van der Waals surface area contributed by atoms with Crippen molar-refractivity contribution in [1.82, 2.24) is 0 Å². The van der Waals surface area contributed by atoms with E-state index in [4.69, 9.17) is 15.2 Å². The van der Waals surface area contributed by atoms with Gasteiger partial charge in [0, 0.05) is 24.1 Å². The molecule has 1 unspecified atom stereocenters. The molecule has 0 bridgehead atoms. The van der Waals surface area contributed by atoms with Crippen LogP contribution < -0.4 is 10.5 Å². The summed E-state index contributed by atoms with van der Waals surface area (Å²) in [6.07, 6.45) is 0. The van der Waals surface area contributed by atoms with Crippen LogP contribution in [0.1, 0.15) is 18.5 Å². The van der Waals surface area contributed by atoms with Gasteiger partial charge in [-0.1, -0.05) is 36.4 Å². The van der Waals surface area contributed by atoms with Crippen molar-refractivity contribution in [2.75, 3.05) is 20.3 Å². The number of ether oxygens (including phenoxy) is 2. The van der Waals surface area contributed by atoms with Gasteiger partial charge in [-0.15, -0.1) is 0 Å². The van der Waals surface area contributed by atoms with Crippen LogP contribution in [0.2, 0.25) is 0 Å². The Kier molecular flexibility index (Phi) is 4.18. The Labute approximate surface area is 108 Å². The smallest absolute Gasteiger partial charge is 0.131 e.